The van der Waals surface area contributed by atoms with Crippen molar-refractivity contribution in [1.29, 1.82) is 0 Å². The minimum absolute atomic E-state index is 0.160. The Hall–Kier alpha value is -1.38. The molecule has 0 aliphatic heterocycles. The molecule has 2 N–H and O–H groups in total. The van der Waals surface area contributed by atoms with Gasteiger partial charge in [0.2, 0.25) is 0 Å². The standard InChI is InChI=1S/C10H15NO2/c1-7(2)13-8-4-5-10(12-3)9(11)6-8/h4-7H,11H2,1-3H3. The van der Waals surface area contributed by atoms with Crippen LogP contribution in [-0.2, 0) is 0 Å². The van der Waals surface area contributed by atoms with E-state index >= 15 is 0 Å². The van der Waals surface area contributed by atoms with Crippen LogP contribution in [-0.4, -0.2) is 13.2 Å². The highest BCUT2D eigenvalue weighted by Crippen LogP contribution is 2.26. The van der Waals surface area contributed by atoms with Crippen molar-refractivity contribution in [2.24, 2.45) is 0 Å². The SMILES string of the molecule is COc1ccc(OC(C)C)cc1N. The fourth-order valence-electron chi connectivity index (χ4n) is 1.06. The van der Waals surface area contributed by atoms with Gasteiger partial charge in [0.05, 0.1) is 18.9 Å². The Morgan fingerprint density at radius 1 is 1.31 bits per heavy atom. The minimum atomic E-state index is 0.160. The Morgan fingerprint density at radius 2 is 2.00 bits per heavy atom. The summed E-state index contributed by atoms with van der Waals surface area (Å²) in [4.78, 5) is 0. The maximum atomic E-state index is 5.70. The predicted octanol–water partition coefficient (Wildman–Crippen LogP) is 2.06. The van der Waals surface area contributed by atoms with E-state index in [2.05, 4.69) is 0 Å². The van der Waals surface area contributed by atoms with Gasteiger partial charge in [0.15, 0.2) is 0 Å². The number of nitrogen functional groups attached to an aromatic ring is 1. The summed E-state index contributed by atoms with van der Waals surface area (Å²) in [7, 11) is 1.59. The van der Waals surface area contributed by atoms with E-state index in [0.29, 0.717) is 11.4 Å². The number of benzene rings is 1. The number of methoxy groups -OCH3 is 1. The average molecular weight is 181 g/mol. The van der Waals surface area contributed by atoms with Crippen LogP contribution in [0, 0.1) is 0 Å². The van der Waals surface area contributed by atoms with Gasteiger partial charge in [0.1, 0.15) is 11.5 Å². The second-order valence-electron chi connectivity index (χ2n) is 3.07. The zero-order valence-electron chi connectivity index (χ0n) is 8.20. The molecule has 0 radical (unpaired) electrons. The molecule has 13 heavy (non-hydrogen) atoms. The molecule has 0 fully saturated rings. The van der Waals surface area contributed by atoms with Crippen molar-refractivity contribution in [3.05, 3.63) is 18.2 Å². The quantitative estimate of drug-likeness (QED) is 0.726. The van der Waals surface area contributed by atoms with Crippen molar-refractivity contribution in [3.8, 4) is 11.5 Å². The Morgan fingerprint density at radius 3 is 2.46 bits per heavy atom. The minimum Gasteiger partial charge on any atom is -0.495 e. The molecule has 0 aromatic heterocycles. The Labute approximate surface area is 78.5 Å². The molecule has 3 nitrogen and oxygen atoms in total. The number of anilines is 1. The molecule has 0 unspecified atom stereocenters. The summed E-state index contributed by atoms with van der Waals surface area (Å²) in [6.45, 7) is 3.95. The molecule has 0 saturated heterocycles. The van der Waals surface area contributed by atoms with Gasteiger partial charge in [-0.1, -0.05) is 0 Å². The molecule has 72 valence electrons. The molecule has 0 bridgehead atoms. The molecule has 1 aromatic rings. The highest BCUT2D eigenvalue weighted by atomic mass is 16.5. The number of nitrogens with two attached hydrogens (primary N) is 1. The lowest BCUT2D eigenvalue weighted by Gasteiger charge is -2.11. The third-order valence-electron chi connectivity index (χ3n) is 1.57. The second kappa shape index (κ2) is 4.03. The van der Waals surface area contributed by atoms with E-state index in [0.717, 1.165) is 5.75 Å². The molecule has 0 amide bonds. The number of hydrogen-bond donors (Lipinski definition) is 1. The number of ether oxygens (including phenoxy) is 2. The first-order chi connectivity index (χ1) is 6.13. The summed E-state index contributed by atoms with van der Waals surface area (Å²) in [6, 6.07) is 5.40. The van der Waals surface area contributed by atoms with Gasteiger partial charge in [-0.25, -0.2) is 0 Å². The fraction of sp³-hybridized carbons (Fsp3) is 0.400. The van der Waals surface area contributed by atoms with Gasteiger partial charge < -0.3 is 15.2 Å². The average Bonchev–Trinajstić information content (AvgIpc) is 2.03. The van der Waals surface area contributed by atoms with Crippen molar-refractivity contribution in [1.82, 2.24) is 0 Å². The fourth-order valence-corrected chi connectivity index (χ4v) is 1.06. The van der Waals surface area contributed by atoms with Crippen LogP contribution in [0.25, 0.3) is 0 Å². The van der Waals surface area contributed by atoms with Crippen molar-refractivity contribution in [2.45, 2.75) is 20.0 Å². The first-order valence-electron chi connectivity index (χ1n) is 4.23. The Balaban J connectivity index is 2.83. The molecule has 1 aromatic carbocycles. The third kappa shape index (κ3) is 2.54. The van der Waals surface area contributed by atoms with Crippen LogP contribution in [0.15, 0.2) is 18.2 Å². The van der Waals surface area contributed by atoms with Crippen LogP contribution in [0.3, 0.4) is 0 Å². The predicted molar refractivity (Wildman–Crippen MR) is 53.2 cm³/mol. The highest BCUT2D eigenvalue weighted by molar-refractivity contribution is 5.56. The monoisotopic (exact) mass is 181 g/mol. The van der Waals surface area contributed by atoms with Crippen LogP contribution >= 0.6 is 0 Å². The maximum Gasteiger partial charge on any atom is 0.142 e. The number of hydrogen-bond acceptors (Lipinski definition) is 3. The van der Waals surface area contributed by atoms with Crippen LogP contribution in [0.4, 0.5) is 5.69 Å². The van der Waals surface area contributed by atoms with Gasteiger partial charge in [-0.15, -0.1) is 0 Å². The van der Waals surface area contributed by atoms with Gasteiger partial charge >= 0.3 is 0 Å². The van der Waals surface area contributed by atoms with Crippen molar-refractivity contribution < 1.29 is 9.47 Å². The Kier molecular flexibility index (Phi) is 3.01. The summed E-state index contributed by atoms with van der Waals surface area (Å²) in [5.74, 6) is 1.45. The largest absolute Gasteiger partial charge is 0.495 e. The summed E-state index contributed by atoms with van der Waals surface area (Å²) in [6.07, 6.45) is 0.160. The summed E-state index contributed by atoms with van der Waals surface area (Å²) in [5.41, 5.74) is 6.30. The molecular formula is C10H15NO2. The van der Waals surface area contributed by atoms with E-state index < -0.39 is 0 Å². The van der Waals surface area contributed by atoms with Crippen LogP contribution in [0.1, 0.15) is 13.8 Å². The zero-order chi connectivity index (χ0) is 9.84. The molecule has 0 aliphatic rings. The third-order valence-corrected chi connectivity index (χ3v) is 1.57. The lowest BCUT2D eigenvalue weighted by atomic mass is 10.3. The molecule has 0 spiro atoms. The van der Waals surface area contributed by atoms with Gasteiger partial charge in [-0.3, -0.25) is 0 Å². The highest BCUT2D eigenvalue weighted by Gasteiger charge is 2.02. The van der Waals surface area contributed by atoms with Gasteiger partial charge in [0.25, 0.3) is 0 Å². The lowest BCUT2D eigenvalue weighted by Crippen LogP contribution is -2.05. The molecule has 0 aliphatic carbocycles. The van der Waals surface area contributed by atoms with E-state index in [9.17, 15) is 0 Å². The first-order valence-corrected chi connectivity index (χ1v) is 4.23. The lowest BCUT2D eigenvalue weighted by molar-refractivity contribution is 0.242. The van der Waals surface area contributed by atoms with Crippen molar-refractivity contribution in [3.63, 3.8) is 0 Å². The molecule has 0 heterocycles. The van der Waals surface area contributed by atoms with E-state index in [1.807, 2.05) is 19.9 Å². The van der Waals surface area contributed by atoms with Gasteiger partial charge in [0, 0.05) is 6.07 Å². The summed E-state index contributed by atoms with van der Waals surface area (Å²) >= 11 is 0. The van der Waals surface area contributed by atoms with E-state index in [4.69, 9.17) is 15.2 Å². The van der Waals surface area contributed by atoms with Crippen LogP contribution in [0.5, 0.6) is 11.5 Å². The Bertz CT molecular complexity index is 284. The molecule has 3 heteroatoms. The molecule has 0 atom stereocenters. The van der Waals surface area contributed by atoms with Gasteiger partial charge in [-0.05, 0) is 26.0 Å². The van der Waals surface area contributed by atoms with E-state index in [1.54, 1.807) is 19.2 Å². The molecular weight excluding hydrogens is 166 g/mol. The van der Waals surface area contributed by atoms with Gasteiger partial charge in [-0.2, -0.15) is 0 Å². The maximum absolute atomic E-state index is 5.70. The second-order valence-corrected chi connectivity index (χ2v) is 3.07. The topological polar surface area (TPSA) is 44.5 Å². The smallest absolute Gasteiger partial charge is 0.142 e. The van der Waals surface area contributed by atoms with E-state index in [-0.39, 0.29) is 6.10 Å². The molecule has 1 rings (SSSR count). The first kappa shape index (κ1) is 9.71. The van der Waals surface area contributed by atoms with Crippen molar-refractivity contribution >= 4 is 5.69 Å². The summed E-state index contributed by atoms with van der Waals surface area (Å²) in [5, 5.41) is 0. The van der Waals surface area contributed by atoms with Crippen molar-refractivity contribution in [2.75, 3.05) is 12.8 Å². The van der Waals surface area contributed by atoms with Crippen LogP contribution in [0.2, 0.25) is 0 Å². The molecule has 0 saturated carbocycles. The van der Waals surface area contributed by atoms with E-state index in [1.165, 1.54) is 0 Å². The summed E-state index contributed by atoms with van der Waals surface area (Å²) < 4.78 is 10.5. The number of rotatable bonds is 3. The van der Waals surface area contributed by atoms with Crippen LogP contribution < -0.4 is 15.2 Å². The zero-order valence-corrected chi connectivity index (χ0v) is 8.20. The normalized spacial score (nSPS) is 10.2.